The zero-order chi connectivity index (χ0) is 21.9. The minimum absolute atomic E-state index is 0.0472. The summed E-state index contributed by atoms with van der Waals surface area (Å²) in [6.45, 7) is 4.42. The van der Waals surface area contributed by atoms with Crippen LogP contribution in [-0.4, -0.2) is 42.2 Å². The molecule has 2 aromatic carbocycles. The smallest absolute Gasteiger partial charge is 0.317 e. The summed E-state index contributed by atoms with van der Waals surface area (Å²) in [4.78, 5) is 19.3. The van der Waals surface area contributed by atoms with Crippen molar-refractivity contribution >= 4 is 6.03 Å². The number of carbonyl (C=O) groups is 1. The van der Waals surface area contributed by atoms with Crippen molar-refractivity contribution in [2.24, 2.45) is 0 Å². The molecule has 2 aliphatic rings. The van der Waals surface area contributed by atoms with Gasteiger partial charge in [-0.25, -0.2) is 9.78 Å². The lowest BCUT2D eigenvalue weighted by Gasteiger charge is -2.27. The molecule has 1 atom stereocenters. The number of amides is 2. The molecular formula is C25H27N3O4. The first-order valence-corrected chi connectivity index (χ1v) is 11.1. The maximum Gasteiger partial charge on any atom is 0.317 e. The first-order chi connectivity index (χ1) is 15.7. The molecule has 0 saturated carbocycles. The SMILES string of the molecule is Cc1ccc(-c2nc(CCNC(=O)N3CCCC3c3ccc4c(c3)OCCO4)co2)cc1. The van der Waals surface area contributed by atoms with Crippen molar-refractivity contribution in [3.63, 3.8) is 0 Å². The molecule has 0 radical (unpaired) electrons. The fourth-order valence-corrected chi connectivity index (χ4v) is 4.27. The van der Waals surface area contributed by atoms with Gasteiger partial charge in [-0.2, -0.15) is 0 Å². The van der Waals surface area contributed by atoms with Crippen molar-refractivity contribution in [3.05, 3.63) is 65.5 Å². The molecule has 0 bridgehead atoms. The number of benzene rings is 2. The molecule has 1 N–H and O–H groups in total. The van der Waals surface area contributed by atoms with Crippen LogP contribution in [0.1, 0.15) is 35.7 Å². The summed E-state index contributed by atoms with van der Waals surface area (Å²) >= 11 is 0. The van der Waals surface area contributed by atoms with Crippen LogP contribution in [0.3, 0.4) is 0 Å². The van der Waals surface area contributed by atoms with Crippen LogP contribution < -0.4 is 14.8 Å². The van der Waals surface area contributed by atoms with Gasteiger partial charge in [0.2, 0.25) is 5.89 Å². The zero-order valence-electron chi connectivity index (χ0n) is 18.2. The molecule has 0 aliphatic carbocycles. The Kier molecular flexibility index (Phi) is 5.71. The summed E-state index contributed by atoms with van der Waals surface area (Å²) < 4.78 is 16.9. The van der Waals surface area contributed by atoms with Crippen molar-refractivity contribution in [2.45, 2.75) is 32.2 Å². The largest absolute Gasteiger partial charge is 0.486 e. The van der Waals surface area contributed by atoms with E-state index in [9.17, 15) is 4.79 Å². The van der Waals surface area contributed by atoms with Gasteiger partial charge in [-0.05, 0) is 49.6 Å². The summed E-state index contributed by atoms with van der Waals surface area (Å²) in [6.07, 6.45) is 4.20. The Hall–Kier alpha value is -3.48. The first kappa shape index (κ1) is 20.4. The van der Waals surface area contributed by atoms with E-state index in [-0.39, 0.29) is 12.1 Å². The highest BCUT2D eigenvalue weighted by Gasteiger charge is 2.30. The fourth-order valence-electron chi connectivity index (χ4n) is 4.27. The van der Waals surface area contributed by atoms with Gasteiger partial charge in [0.1, 0.15) is 19.5 Å². The molecule has 0 spiro atoms. The maximum atomic E-state index is 12.9. The lowest BCUT2D eigenvalue weighted by Crippen LogP contribution is -2.40. The van der Waals surface area contributed by atoms with Crippen LogP contribution in [0.5, 0.6) is 11.5 Å². The molecule has 32 heavy (non-hydrogen) atoms. The summed E-state index contributed by atoms with van der Waals surface area (Å²) in [5.41, 5.74) is 4.05. The quantitative estimate of drug-likeness (QED) is 0.641. The molecule has 7 nitrogen and oxygen atoms in total. The summed E-state index contributed by atoms with van der Waals surface area (Å²) in [5.74, 6) is 2.13. The Morgan fingerprint density at radius 3 is 2.78 bits per heavy atom. The highest BCUT2D eigenvalue weighted by atomic mass is 16.6. The van der Waals surface area contributed by atoms with Crippen LogP contribution in [0.2, 0.25) is 0 Å². The van der Waals surface area contributed by atoms with E-state index in [0.29, 0.717) is 32.1 Å². The molecule has 1 aromatic heterocycles. The van der Waals surface area contributed by atoms with Crippen LogP contribution in [0, 0.1) is 6.92 Å². The Morgan fingerprint density at radius 1 is 1.12 bits per heavy atom. The number of likely N-dealkylation sites (tertiary alicyclic amines) is 1. The van der Waals surface area contributed by atoms with Crippen molar-refractivity contribution in [2.75, 3.05) is 26.3 Å². The van der Waals surface area contributed by atoms with E-state index in [0.717, 1.165) is 47.7 Å². The van der Waals surface area contributed by atoms with E-state index < -0.39 is 0 Å². The lowest BCUT2D eigenvalue weighted by atomic mass is 10.0. The van der Waals surface area contributed by atoms with Crippen LogP contribution in [0.25, 0.3) is 11.5 Å². The predicted molar refractivity (Wildman–Crippen MR) is 120 cm³/mol. The highest BCUT2D eigenvalue weighted by molar-refractivity contribution is 5.75. The zero-order valence-corrected chi connectivity index (χ0v) is 18.2. The van der Waals surface area contributed by atoms with E-state index in [1.165, 1.54) is 5.56 Å². The van der Waals surface area contributed by atoms with Gasteiger partial charge in [0.15, 0.2) is 11.5 Å². The number of hydrogen-bond donors (Lipinski definition) is 1. The summed E-state index contributed by atoms with van der Waals surface area (Å²) in [7, 11) is 0. The number of urea groups is 1. The third-order valence-corrected chi connectivity index (χ3v) is 5.97. The third kappa shape index (κ3) is 4.28. The van der Waals surface area contributed by atoms with E-state index in [1.807, 2.05) is 54.3 Å². The van der Waals surface area contributed by atoms with Crippen molar-refractivity contribution in [1.82, 2.24) is 15.2 Å². The molecular weight excluding hydrogens is 406 g/mol. The minimum atomic E-state index is -0.0513. The van der Waals surface area contributed by atoms with Gasteiger partial charge < -0.3 is 24.1 Å². The topological polar surface area (TPSA) is 76.8 Å². The number of oxazole rings is 1. The van der Waals surface area contributed by atoms with Gasteiger partial charge in [-0.1, -0.05) is 23.8 Å². The van der Waals surface area contributed by atoms with Gasteiger partial charge >= 0.3 is 6.03 Å². The highest BCUT2D eigenvalue weighted by Crippen LogP contribution is 2.38. The average molecular weight is 434 g/mol. The second-order valence-electron chi connectivity index (χ2n) is 8.25. The second kappa shape index (κ2) is 8.94. The molecule has 5 rings (SSSR count). The third-order valence-electron chi connectivity index (χ3n) is 5.97. The fraction of sp³-hybridized carbons (Fsp3) is 0.360. The van der Waals surface area contributed by atoms with Gasteiger partial charge in [0, 0.05) is 25.1 Å². The Morgan fingerprint density at radius 2 is 1.94 bits per heavy atom. The molecule has 1 saturated heterocycles. The summed E-state index contributed by atoms with van der Waals surface area (Å²) in [5, 5.41) is 3.04. The monoisotopic (exact) mass is 433 g/mol. The summed E-state index contributed by atoms with van der Waals surface area (Å²) in [6, 6.07) is 14.0. The minimum Gasteiger partial charge on any atom is -0.486 e. The number of fused-ring (bicyclic) bond motifs is 1. The lowest BCUT2D eigenvalue weighted by molar-refractivity contribution is 0.170. The molecule has 2 amide bonds. The first-order valence-electron chi connectivity index (χ1n) is 11.1. The standard InChI is InChI=1S/C25H27N3O4/c1-17-4-6-18(7-5-17)24-27-20(16-32-24)10-11-26-25(29)28-12-2-3-21(28)19-8-9-22-23(15-19)31-14-13-30-22/h4-9,15-16,21H,2-3,10-14H2,1H3,(H,26,29). The molecule has 3 heterocycles. The van der Waals surface area contributed by atoms with Gasteiger partial charge in [0.05, 0.1) is 11.7 Å². The Bertz CT molecular complexity index is 1090. The van der Waals surface area contributed by atoms with Gasteiger partial charge in [-0.15, -0.1) is 0 Å². The predicted octanol–water partition coefficient (Wildman–Crippen LogP) is 4.51. The maximum absolute atomic E-state index is 12.9. The van der Waals surface area contributed by atoms with E-state index in [1.54, 1.807) is 6.26 Å². The van der Waals surface area contributed by atoms with E-state index in [4.69, 9.17) is 13.9 Å². The molecule has 2 aliphatic heterocycles. The van der Waals surface area contributed by atoms with Crippen LogP contribution in [0.15, 0.2) is 53.1 Å². The van der Waals surface area contributed by atoms with Crippen molar-refractivity contribution in [1.29, 1.82) is 0 Å². The number of nitrogens with zero attached hydrogens (tertiary/aromatic N) is 2. The number of ether oxygens (including phenoxy) is 2. The molecule has 166 valence electrons. The molecule has 1 fully saturated rings. The van der Waals surface area contributed by atoms with Crippen LogP contribution in [-0.2, 0) is 6.42 Å². The second-order valence-corrected chi connectivity index (χ2v) is 8.25. The number of hydrogen-bond acceptors (Lipinski definition) is 5. The molecule has 1 unspecified atom stereocenters. The van der Waals surface area contributed by atoms with Crippen LogP contribution >= 0.6 is 0 Å². The van der Waals surface area contributed by atoms with E-state index >= 15 is 0 Å². The Balaban J connectivity index is 1.18. The number of nitrogens with one attached hydrogen (secondary N) is 1. The number of carbonyl (C=O) groups excluding carboxylic acids is 1. The normalized spacial score (nSPS) is 17.4. The van der Waals surface area contributed by atoms with Gasteiger partial charge in [-0.3, -0.25) is 0 Å². The van der Waals surface area contributed by atoms with Crippen molar-refractivity contribution < 1.29 is 18.7 Å². The molecule has 3 aromatic rings. The van der Waals surface area contributed by atoms with Crippen LogP contribution in [0.4, 0.5) is 4.79 Å². The number of aromatic nitrogens is 1. The number of aryl methyl sites for hydroxylation is 1. The molecule has 7 heteroatoms. The number of rotatable bonds is 5. The van der Waals surface area contributed by atoms with Gasteiger partial charge in [0.25, 0.3) is 0 Å². The van der Waals surface area contributed by atoms with Crippen molar-refractivity contribution in [3.8, 4) is 23.0 Å². The van der Waals surface area contributed by atoms with E-state index in [2.05, 4.69) is 10.3 Å². The Labute approximate surface area is 187 Å². The average Bonchev–Trinajstić information content (AvgIpc) is 3.49.